The van der Waals surface area contributed by atoms with Crippen molar-refractivity contribution in [3.8, 4) is 5.75 Å². The van der Waals surface area contributed by atoms with Crippen molar-refractivity contribution in [3.05, 3.63) is 71.1 Å². The van der Waals surface area contributed by atoms with E-state index in [4.69, 9.17) is 9.15 Å². The van der Waals surface area contributed by atoms with Crippen LogP contribution in [0.15, 0.2) is 53.3 Å². The highest BCUT2D eigenvalue weighted by Crippen LogP contribution is 2.37. The molecule has 0 fully saturated rings. The Kier molecular flexibility index (Phi) is 5.96. The molecular formula is C26H26N2O5. The second kappa shape index (κ2) is 8.86. The van der Waals surface area contributed by atoms with Gasteiger partial charge in [-0.15, -0.1) is 0 Å². The maximum Gasteiger partial charge on any atom is 0.326 e. The molecule has 2 aromatic carbocycles. The molecule has 1 amide bonds. The first kappa shape index (κ1) is 22.2. The molecule has 0 saturated heterocycles. The van der Waals surface area contributed by atoms with Gasteiger partial charge in [0.2, 0.25) is 5.91 Å². The lowest BCUT2D eigenvalue weighted by atomic mass is 9.98. The largest absolute Gasteiger partial charge is 0.496 e. The Hall–Kier alpha value is -4.00. The smallest absolute Gasteiger partial charge is 0.326 e. The Bertz CT molecular complexity index is 1390. The predicted octanol–water partition coefficient (Wildman–Crippen LogP) is 4.75. The number of benzene rings is 2. The van der Waals surface area contributed by atoms with Gasteiger partial charge in [-0.25, -0.2) is 4.79 Å². The van der Waals surface area contributed by atoms with Crippen LogP contribution in [0.5, 0.6) is 5.75 Å². The van der Waals surface area contributed by atoms with Crippen LogP contribution in [-0.4, -0.2) is 35.1 Å². The third-order valence-corrected chi connectivity index (χ3v) is 5.93. The summed E-state index contributed by atoms with van der Waals surface area (Å²) in [7, 11) is 1.57. The number of aryl methyl sites for hydroxylation is 2. The maximum absolute atomic E-state index is 12.8. The SMILES string of the molecule is COc1c(/C(C)=C/C(=O)NC(Cc2c[nH]c3ccccc23)C(=O)O)cc2c(C)coc2c1C. The van der Waals surface area contributed by atoms with Crippen LogP contribution < -0.4 is 10.1 Å². The van der Waals surface area contributed by atoms with E-state index >= 15 is 0 Å². The molecule has 0 bridgehead atoms. The molecule has 0 aliphatic rings. The van der Waals surface area contributed by atoms with Gasteiger partial charge >= 0.3 is 5.97 Å². The van der Waals surface area contributed by atoms with Crippen LogP contribution in [0.1, 0.15) is 29.2 Å². The molecule has 2 heterocycles. The zero-order valence-corrected chi connectivity index (χ0v) is 19.0. The first-order valence-electron chi connectivity index (χ1n) is 10.6. The van der Waals surface area contributed by atoms with Gasteiger partial charge in [-0.1, -0.05) is 18.2 Å². The van der Waals surface area contributed by atoms with Gasteiger partial charge in [-0.05, 0) is 49.6 Å². The number of amides is 1. The minimum atomic E-state index is -1.09. The molecule has 0 radical (unpaired) electrons. The number of para-hydroxylation sites is 1. The number of fused-ring (bicyclic) bond motifs is 2. The molecule has 0 spiro atoms. The van der Waals surface area contributed by atoms with Crippen molar-refractivity contribution in [2.45, 2.75) is 33.2 Å². The predicted molar refractivity (Wildman–Crippen MR) is 127 cm³/mol. The Balaban J connectivity index is 1.60. The average Bonchev–Trinajstić information content (AvgIpc) is 3.37. The van der Waals surface area contributed by atoms with Gasteiger partial charge in [0, 0.05) is 46.1 Å². The van der Waals surface area contributed by atoms with Gasteiger partial charge in [-0.3, -0.25) is 4.79 Å². The minimum Gasteiger partial charge on any atom is -0.496 e. The van der Waals surface area contributed by atoms with Gasteiger partial charge in [0.25, 0.3) is 0 Å². The molecule has 7 nitrogen and oxygen atoms in total. The highest BCUT2D eigenvalue weighted by Gasteiger charge is 2.22. The summed E-state index contributed by atoms with van der Waals surface area (Å²) in [6.45, 7) is 5.66. The number of hydrogen-bond acceptors (Lipinski definition) is 4. The number of ether oxygens (including phenoxy) is 1. The van der Waals surface area contributed by atoms with Crippen LogP contribution in [0, 0.1) is 13.8 Å². The molecule has 3 N–H and O–H groups in total. The van der Waals surface area contributed by atoms with Gasteiger partial charge in [-0.2, -0.15) is 0 Å². The molecule has 1 unspecified atom stereocenters. The number of allylic oxidation sites excluding steroid dienone is 1. The number of aromatic amines is 1. The maximum atomic E-state index is 12.8. The molecule has 4 rings (SSSR count). The van der Waals surface area contributed by atoms with E-state index in [0.717, 1.165) is 44.1 Å². The molecule has 0 saturated carbocycles. The van der Waals surface area contributed by atoms with Crippen LogP contribution in [0.25, 0.3) is 27.4 Å². The van der Waals surface area contributed by atoms with Crippen molar-refractivity contribution in [1.82, 2.24) is 10.3 Å². The highest BCUT2D eigenvalue weighted by atomic mass is 16.5. The second-order valence-corrected chi connectivity index (χ2v) is 8.17. The average molecular weight is 447 g/mol. The van der Waals surface area contributed by atoms with Gasteiger partial charge < -0.3 is 24.6 Å². The Morgan fingerprint density at radius 2 is 2.00 bits per heavy atom. The highest BCUT2D eigenvalue weighted by molar-refractivity contribution is 5.99. The molecule has 170 valence electrons. The van der Waals surface area contributed by atoms with E-state index in [1.807, 2.05) is 44.2 Å². The number of carboxylic acids is 1. The van der Waals surface area contributed by atoms with Crippen molar-refractivity contribution in [2.75, 3.05) is 7.11 Å². The van der Waals surface area contributed by atoms with E-state index < -0.39 is 17.9 Å². The van der Waals surface area contributed by atoms with Crippen molar-refractivity contribution >= 4 is 39.3 Å². The zero-order chi connectivity index (χ0) is 23.7. The summed E-state index contributed by atoms with van der Waals surface area (Å²) >= 11 is 0. The van der Waals surface area contributed by atoms with Crippen LogP contribution in [0.4, 0.5) is 0 Å². The number of methoxy groups -OCH3 is 1. The number of rotatable bonds is 7. The number of H-pyrrole nitrogens is 1. The lowest BCUT2D eigenvalue weighted by molar-refractivity contribution is -0.141. The van der Waals surface area contributed by atoms with E-state index in [1.165, 1.54) is 6.08 Å². The molecular weight excluding hydrogens is 420 g/mol. The number of carbonyl (C=O) groups excluding carboxylic acids is 1. The minimum absolute atomic E-state index is 0.167. The number of hydrogen-bond donors (Lipinski definition) is 3. The molecule has 0 aliphatic heterocycles. The van der Waals surface area contributed by atoms with E-state index in [2.05, 4.69) is 10.3 Å². The van der Waals surface area contributed by atoms with Crippen LogP contribution in [-0.2, 0) is 16.0 Å². The number of furan rings is 1. The lowest BCUT2D eigenvalue weighted by Gasteiger charge is -2.15. The molecule has 7 heteroatoms. The summed E-state index contributed by atoms with van der Waals surface area (Å²) in [6.07, 6.45) is 5.04. The molecule has 33 heavy (non-hydrogen) atoms. The Morgan fingerprint density at radius 1 is 1.24 bits per heavy atom. The monoisotopic (exact) mass is 446 g/mol. The van der Waals surface area contributed by atoms with E-state index in [0.29, 0.717) is 11.3 Å². The fourth-order valence-corrected chi connectivity index (χ4v) is 4.20. The number of carboxylic acid groups (broad SMARTS) is 1. The number of aromatic nitrogens is 1. The summed E-state index contributed by atoms with van der Waals surface area (Å²) in [6, 6.07) is 8.52. The number of carbonyl (C=O) groups is 2. The van der Waals surface area contributed by atoms with Gasteiger partial charge in [0.1, 0.15) is 17.4 Å². The third kappa shape index (κ3) is 4.22. The van der Waals surface area contributed by atoms with Crippen molar-refractivity contribution in [1.29, 1.82) is 0 Å². The Labute approximate surface area is 191 Å². The van der Waals surface area contributed by atoms with E-state index in [9.17, 15) is 14.7 Å². The molecule has 4 aromatic rings. The lowest BCUT2D eigenvalue weighted by Crippen LogP contribution is -2.41. The summed E-state index contributed by atoms with van der Waals surface area (Å²) in [5.41, 5.74) is 5.74. The number of aliphatic carboxylic acids is 1. The van der Waals surface area contributed by atoms with Crippen LogP contribution in [0.2, 0.25) is 0 Å². The van der Waals surface area contributed by atoms with Crippen molar-refractivity contribution in [3.63, 3.8) is 0 Å². The quantitative estimate of drug-likeness (QED) is 0.355. The third-order valence-electron chi connectivity index (χ3n) is 5.93. The van der Waals surface area contributed by atoms with Crippen molar-refractivity contribution in [2.24, 2.45) is 0 Å². The summed E-state index contributed by atoms with van der Waals surface area (Å²) < 4.78 is 11.2. The topological polar surface area (TPSA) is 105 Å². The van der Waals surface area contributed by atoms with Crippen LogP contribution >= 0.6 is 0 Å². The van der Waals surface area contributed by atoms with Gasteiger partial charge in [0.05, 0.1) is 13.4 Å². The fraction of sp³-hybridized carbons (Fsp3) is 0.231. The first-order chi connectivity index (χ1) is 15.8. The van der Waals surface area contributed by atoms with Crippen molar-refractivity contribution < 1.29 is 23.8 Å². The molecule has 1 atom stereocenters. The van der Waals surface area contributed by atoms with Crippen LogP contribution in [0.3, 0.4) is 0 Å². The van der Waals surface area contributed by atoms with E-state index in [1.54, 1.807) is 26.5 Å². The normalized spacial score (nSPS) is 12.8. The first-order valence-corrected chi connectivity index (χ1v) is 10.6. The van der Waals surface area contributed by atoms with Gasteiger partial charge in [0.15, 0.2) is 0 Å². The fourth-order valence-electron chi connectivity index (χ4n) is 4.20. The Morgan fingerprint density at radius 3 is 2.73 bits per heavy atom. The standard InChI is InChI=1S/C26H26N2O5/c1-14(19-11-20-15(2)13-33-25(20)16(3)24(19)32-4)9-23(29)28-22(26(30)31)10-17-12-27-21-8-6-5-7-18(17)21/h5-9,11-13,22,27H,10H2,1-4H3,(H,28,29)(H,30,31)/b14-9+. The van der Waals surface area contributed by atoms with E-state index in [-0.39, 0.29) is 6.42 Å². The zero-order valence-electron chi connectivity index (χ0n) is 19.0. The summed E-state index contributed by atoms with van der Waals surface area (Å²) in [5, 5.41) is 14.2. The second-order valence-electron chi connectivity index (χ2n) is 8.17. The summed E-state index contributed by atoms with van der Waals surface area (Å²) in [5.74, 6) is -0.959. The summed E-state index contributed by atoms with van der Waals surface area (Å²) in [4.78, 5) is 27.8. The molecule has 2 aromatic heterocycles. The number of nitrogens with one attached hydrogen (secondary N) is 2. The molecule has 0 aliphatic carbocycles.